The van der Waals surface area contributed by atoms with Crippen molar-refractivity contribution in [2.45, 2.75) is 11.8 Å². The average Bonchev–Trinajstić information content (AvgIpc) is 2.89. The fourth-order valence-electron chi connectivity index (χ4n) is 3.68. The van der Waals surface area contributed by atoms with Gasteiger partial charge in [-0.2, -0.15) is 0 Å². The van der Waals surface area contributed by atoms with Gasteiger partial charge in [-0.3, -0.25) is 9.59 Å². The van der Waals surface area contributed by atoms with Crippen LogP contribution in [-0.4, -0.2) is 24.2 Å². The van der Waals surface area contributed by atoms with E-state index in [-0.39, 0.29) is 5.97 Å². The molecule has 0 aliphatic carbocycles. The van der Waals surface area contributed by atoms with Crippen LogP contribution in [0.3, 0.4) is 0 Å². The molecule has 190 valence electrons. The van der Waals surface area contributed by atoms with Crippen LogP contribution in [0, 0.1) is 0 Å². The van der Waals surface area contributed by atoms with Crippen molar-refractivity contribution in [2.75, 3.05) is 7.11 Å². The Kier molecular flexibility index (Phi) is 10.4. The van der Waals surface area contributed by atoms with Gasteiger partial charge in [0.15, 0.2) is 0 Å². The van der Waals surface area contributed by atoms with E-state index in [2.05, 4.69) is 0 Å². The normalized spacial score (nSPS) is 10.6. The fraction of sp³-hybridized carbons (Fsp3) is 0.103. The van der Waals surface area contributed by atoms with E-state index in [1.54, 1.807) is 72.8 Å². The molecule has 4 nitrogen and oxygen atoms in total. The number of rotatable bonds is 6. The highest BCUT2D eigenvalue weighted by molar-refractivity contribution is 6.31. The summed E-state index contributed by atoms with van der Waals surface area (Å²) in [6.07, 6.45) is 0. The van der Waals surface area contributed by atoms with E-state index in [1.807, 2.05) is 24.3 Å². The lowest BCUT2D eigenvalue weighted by Crippen LogP contribution is -2.15. The molecular weight excluding hydrogens is 554 g/mol. The molecular formula is C29H22Cl4O4. The minimum atomic E-state index is -0.903. The third-order valence-electron chi connectivity index (χ3n) is 5.50. The number of carboxylic acids is 1. The molecule has 0 amide bonds. The first kappa shape index (κ1) is 28.5. The first-order chi connectivity index (χ1) is 17.7. The van der Waals surface area contributed by atoms with E-state index in [0.717, 1.165) is 11.1 Å². The maximum absolute atomic E-state index is 12.0. The number of hydrogen-bond donors (Lipinski definition) is 1. The van der Waals surface area contributed by atoms with E-state index in [0.29, 0.717) is 31.2 Å². The number of carbonyl (C=O) groups excluding carboxylic acids is 1. The molecule has 1 N–H and O–H groups in total. The minimum Gasteiger partial charge on any atom is -0.481 e. The highest BCUT2D eigenvalue weighted by Crippen LogP contribution is 2.29. The van der Waals surface area contributed by atoms with Crippen LogP contribution in [0.1, 0.15) is 34.1 Å². The van der Waals surface area contributed by atoms with E-state index >= 15 is 0 Å². The van der Waals surface area contributed by atoms with Crippen molar-refractivity contribution in [1.29, 1.82) is 0 Å². The lowest BCUT2D eigenvalue weighted by atomic mass is 9.91. The van der Waals surface area contributed by atoms with E-state index < -0.39 is 17.8 Å². The van der Waals surface area contributed by atoms with E-state index in [9.17, 15) is 14.7 Å². The molecule has 0 aliphatic rings. The Morgan fingerprint density at radius 3 is 1.00 bits per heavy atom. The van der Waals surface area contributed by atoms with Crippen LogP contribution in [0.25, 0.3) is 0 Å². The Bertz CT molecular complexity index is 1230. The predicted octanol–water partition coefficient (Wildman–Crippen LogP) is 8.51. The van der Waals surface area contributed by atoms with Crippen LogP contribution in [0.5, 0.6) is 0 Å². The summed E-state index contributed by atoms with van der Waals surface area (Å²) in [5, 5.41) is 11.8. The van der Waals surface area contributed by atoms with Crippen LogP contribution in [0.15, 0.2) is 97.1 Å². The lowest BCUT2D eigenvalue weighted by Gasteiger charge is -2.15. The Morgan fingerprint density at radius 2 is 0.784 bits per heavy atom. The third kappa shape index (κ3) is 7.98. The largest absolute Gasteiger partial charge is 0.481 e. The Hall–Kier alpha value is -3.02. The summed E-state index contributed by atoms with van der Waals surface area (Å²) in [6.45, 7) is 0. The zero-order valence-electron chi connectivity index (χ0n) is 19.6. The predicted molar refractivity (Wildman–Crippen MR) is 149 cm³/mol. The Balaban J connectivity index is 0.000000206. The molecule has 4 aromatic carbocycles. The van der Waals surface area contributed by atoms with Gasteiger partial charge in [-0.15, -0.1) is 0 Å². The molecule has 0 aliphatic heterocycles. The standard InChI is InChI=1S/C15H12Cl2O2.C14H10Cl2O2/c1-19-15(18)14(10-2-6-12(16)7-3-10)11-4-8-13(17)9-5-11;15-11-5-1-9(2-6-11)13(14(17)18)10-3-7-12(16)8-4-10/h2-9,14H,1H3;1-8,13H,(H,17,18). The minimum absolute atomic E-state index is 0.315. The molecule has 0 spiro atoms. The molecule has 8 heteroatoms. The van der Waals surface area contributed by atoms with Crippen molar-refractivity contribution in [1.82, 2.24) is 0 Å². The molecule has 0 unspecified atom stereocenters. The molecule has 0 saturated carbocycles. The van der Waals surface area contributed by atoms with Crippen molar-refractivity contribution in [3.63, 3.8) is 0 Å². The number of benzene rings is 4. The first-order valence-electron chi connectivity index (χ1n) is 11.0. The number of ether oxygens (including phenoxy) is 1. The molecule has 0 bridgehead atoms. The van der Waals surface area contributed by atoms with Crippen molar-refractivity contribution < 1.29 is 19.4 Å². The van der Waals surface area contributed by atoms with Gasteiger partial charge in [-0.1, -0.05) is 94.9 Å². The maximum Gasteiger partial charge on any atom is 0.317 e. The molecule has 4 aromatic rings. The summed E-state index contributed by atoms with van der Waals surface area (Å²) >= 11 is 23.3. The molecule has 37 heavy (non-hydrogen) atoms. The number of aliphatic carboxylic acids is 1. The highest BCUT2D eigenvalue weighted by Gasteiger charge is 2.23. The first-order valence-corrected chi connectivity index (χ1v) is 12.5. The zero-order chi connectivity index (χ0) is 26.9. The number of hydrogen-bond acceptors (Lipinski definition) is 3. The number of halogens is 4. The third-order valence-corrected chi connectivity index (χ3v) is 6.51. The highest BCUT2D eigenvalue weighted by atomic mass is 35.5. The summed E-state index contributed by atoms with van der Waals surface area (Å²) in [6, 6.07) is 27.9. The van der Waals surface area contributed by atoms with E-state index in [1.165, 1.54) is 7.11 Å². The SMILES string of the molecule is COC(=O)C(c1ccc(Cl)cc1)c1ccc(Cl)cc1.O=C(O)C(c1ccc(Cl)cc1)c1ccc(Cl)cc1. The second-order valence-electron chi connectivity index (χ2n) is 7.93. The quantitative estimate of drug-likeness (QED) is 0.234. The van der Waals surface area contributed by atoms with Crippen molar-refractivity contribution in [2.24, 2.45) is 0 Å². The summed E-state index contributed by atoms with van der Waals surface area (Å²) < 4.78 is 4.88. The smallest absolute Gasteiger partial charge is 0.317 e. The summed E-state index contributed by atoms with van der Waals surface area (Å²) in [7, 11) is 1.38. The lowest BCUT2D eigenvalue weighted by molar-refractivity contribution is -0.141. The van der Waals surface area contributed by atoms with Gasteiger partial charge in [-0.05, 0) is 70.8 Å². The summed E-state index contributed by atoms with van der Waals surface area (Å²) in [4.78, 5) is 23.4. The second-order valence-corrected chi connectivity index (χ2v) is 9.68. The molecule has 0 saturated heterocycles. The summed E-state index contributed by atoms with van der Waals surface area (Å²) in [5.74, 6) is -2.40. The number of esters is 1. The van der Waals surface area contributed by atoms with Gasteiger partial charge in [-0.25, -0.2) is 0 Å². The van der Waals surface area contributed by atoms with Gasteiger partial charge < -0.3 is 9.84 Å². The topological polar surface area (TPSA) is 63.6 Å². The molecule has 0 atom stereocenters. The maximum atomic E-state index is 12.0. The average molecular weight is 576 g/mol. The van der Waals surface area contributed by atoms with Crippen molar-refractivity contribution in [3.8, 4) is 0 Å². The molecule has 0 heterocycles. The number of carboxylic acid groups (broad SMARTS) is 1. The van der Waals surface area contributed by atoms with Gasteiger partial charge in [0.1, 0.15) is 11.8 Å². The Morgan fingerprint density at radius 1 is 0.541 bits per heavy atom. The van der Waals surface area contributed by atoms with E-state index in [4.69, 9.17) is 51.1 Å². The van der Waals surface area contributed by atoms with Crippen LogP contribution in [0.4, 0.5) is 0 Å². The number of methoxy groups -OCH3 is 1. The van der Waals surface area contributed by atoms with Gasteiger partial charge in [0.05, 0.1) is 7.11 Å². The van der Waals surface area contributed by atoms with Crippen LogP contribution in [-0.2, 0) is 14.3 Å². The van der Waals surface area contributed by atoms with Crippen LogP contribution < -0.4 is 0 Å². The van der Waals surface area contributed by atoms with Gasteiger partial charge in [0, 0.05) is 20.1 Å². The monoisotopic (exact) mass is 574 g/mol. The second kappa shape index (κ2) is 13.5. The number of carbonyl (C=O) groups is 2. The molecule has 0 aromatic heterocycles. The van der Waals surface area contributed by atoms with Gasteiger partial charge in [0.25, 0.3) is 0 Å². The van der Waals surface area contributed by atoms with Crippen molar-refractivity contribution >= 4 is 58.3 Å². The van der Waals surface area contributed by atoms with Crippen LogP contribution >= 0.6 is 46.4 Å². The Labute approximate surface area is 235 Å². The van der Waals surface area contributed by atoms with Crippen LogP contribution in [0.2, 0.25) is 20.1 Å². The molecule has 0 radical (unpaired) electrons. The fourth-order valence-corrected chi connectivity index (χ4v) is 4.18. The molecule has 4 rings (SSSR count). The molecule has 0 fully saturated rings. The van der Waals surface area contributed by atoms with Gasteiger partial charge in [0.2, 0.25) is 0 Å². The van der Waals surface area contributed by atoms with Gasteiger partial charge >= 0.3 is 11.9 Å². The summed E-state index contributed by atoms with van der Waals surface area (Å²) in [5.41, 5.74) is 3.04. The van der Waals surface area contributed by atoms with Crippen molar-refractivity contribution in [3.05, 3.63) is 139 Å². The zero-order valence-corrected chi connectivity index (χ0v) is 22.6.